The molecule has 90 valence electrons. The zero-order chi connectivity index (χ0) is 11.8. The van der Waals surface area contributed by atoms with Crippen LogP contribution in [0.2, 0.25) is 0 Å². The number of fused-ring (bicyclic) bond motifs is 1. The molecular formula is C12H15N3OS. The monoisotopic (exact) mass is 249 g/mol. The van der Waals surface area contributed by atoms with Gasteiger partial charge in [-0.15, -0.1) is 11.3 Å². The van der Waals surface area contributed by atoms with Crippen molar-refractivity contribution in [1.82, 2.24) is 14.3 Å². The molecular weight excluding hydrogens is 234 g/mol. The van der Waals surface area contributed by atoms with E-state index in [0.29, 0.717) is 6.42 Å². The van der Waals surface area contributed by atoms with E-state index in [1.165, 1.54) is 0 Å². The lowest BCUT2D eigenvalue weighted by atomic mass is 10.3. The number of aryl methyl sites for hydroxylation is 1. The minimum absolute atomic E-state index is 0.244. The number of thiazole rings is 1. The third-order valence-corrected chi connectivity index (χ3v) is 4.08. The van der Waals surface area contributed by atoms with E-state index in [4.69, 9.17) is 0 Å². The minimum Gasteiger partial charge on any atom is -0.342 e. The Bertz CT molecular complexity index is 551. The highest BCUT2D eigenvalue weighted by Crippen LogP contribution is 2.18. The Kier molecular flexibility index (Phi) is 2.63. The topological polar surface area (TPSA) is 37.6 Å². The Morgan fingerprint density at radius 3 is 3.00 bits per heavy atom. The first kappa shape index (κ1) is 10.8. The van der Waals surface area contributed by atoms with E-state index in [0.717, 1.165) is 42.3 Å². The lowest BCUT2D eigenvalue weighted by Crippen LogP contribution is -2.29. The molecule has 0 atom stereocenters. The van der Waals surface area contributed by atoms with Crippen LogP contribution in [0.25, 0.3) is 4.96 Å². The summed E-state index contributed by atoms with van der Waals surface area (Å²) in [5.41, 5.74) is 2.06. The Labute approximate surface area is 104 Å². The van der Waals surface area contributed by atoms with E-state index in [1.54, 1.807) is 11.3 Å². The van der Waals surface area contributed by atoms with Gasteiger partial charge in [0.2, 0.25) is 5.91 Å². The minimum atomic E-state index is 0.244. The summed E-state index contributed by atoms with van der Waals surface area (Å²) >= 11 is 1.60. The fraction of sp³-hybridized carbons (Fsp3) is 0.500. The van der Waals surface area contributed by atoms with E-state index in [-0.39, 0.29) is 5.91 Å². The maximum atomic E-state index is 12.1. The molecule has 0 unspecified atom stereocenters. The van der Waals surface area contributed by atoms with E-state index in [9.17, 15) is 4.79 Å². The van der Waals surface area contributed by atoms with Crippen LogP contribution in [0.3, 0.4) is 0 Å². The Morgan fingerprint density at radius 1 is 1.47 bits per heavy atom. The number of aromatic nitrogens is 2. The molecule has 2 aromatic rings. The summed E-state index contributed by atoms with van der Waals surface area (Å²) in [4.78, 5) is 19.4. The number of hydrogen-bond acceptors (Lipinski definition) is 3. The number of amides is 1. The molecule has 0 N–H and O–H groups in total. The van der Waals surface area contributed by atoms with Gasteiger partial charge in [-0.2, -0.15) is 0 Å². The quantitative estimate of drug-likeness (QED) is 0.815. The van der Waals surface area contributed by atoms with Gasteiger partial charge in [0.05, 0.1) is 12.1 Å². The van der Waals surface area contributed by atoms with Crippen molar-refractivity contribution >= 4 is 22.2 Å². The van der Waals surface area contributed by atoms with Crippen molar-refractivity contribution in [3.05, 3.63) is 23.0 Å². The van der Waals surface area contributed by atoms with Crippen LogP contribution < -0.4 is 0 Å². The third kappa shape index (κ3) is 1.95. The zero-order valence-corrected chi connectivity index (χ0v) is 10.7. The van der Waals surface area contributed by atoms with Crippen molar-refractivity contribution in [3.63, 3.8) is 0 Å². The lowest BCUT2D eigenvalue weighted by molar-refractivity contribution is -0.129. The number of imidazole rings is 1. The molecule has 4 nitrogen and oxygen atoms in total. The first-order chi connectivity index (χ1) is 8.24. The fourth-order valence-electron chi connectivity index (χ4n) is 2.30. The van der Waals surface area contributed by atoms with Gasteiger partial charge in [-0.05, 0) is 19.8 Å². The summed E-state index contributed by atoms with van der Waals surface area (Å²) in [5, 5.41) is 2.04. The number of carbonyl (C=O) groups is 1. The average molecular weight is 249 g/mol. The molecule has 0 saturated carbocycles. The highest BCUT2D eigenvalue weighted by atomic mass is 32.1. The van der Waals surface area contributed by atoms with Gasteiger partial charge >= 0.3 is 0 Å². The highest BCUT2D eigenvalue weighted by Gasteiger charge is 2.19. The maximum Gasteiger partial charge on any atom is 0.228 e. The van der Waals surface area contributed by atoms with Crippen LogP contribution in [0.15, 0.2) is 11.6 Å². The molecule has 0 radical (unpaired) electrons. The predicted molar refractivity (Wildman–Crippen MR) is 67.3 cm³/mol. The third-order valence-electron chi connectivity index (χ3n) is 3.19. The fourth-order valence-corrected chi connectivity index (χ4v) is 3.22. The smallest absolute Gasteiger partial charge is 0.228 e. The van der Waals surface area contributed by atoms with Crippen LogP contribution in [-0.4, -0.2) is 33.3 Å². The Morgan fingerprint density at radius 2 is 2.24 bits per heavy atom. The SMILES string of the molecule is Cc1cn2c(CC(=O)N3CCCC3)csc2n1. The van der Waals surface area contributed by atoms with E-state index < -0.39 is 0 Å². The van der Waals surface area contributed by atoms with Crippen molar-refractivity contribution < 1.29 is 4.79 Å². The second-order valence-electron chi connectivity index (χ2n) is 4.53. The molecule has 5 heteroatoms. The van der Waals surface area contributed by atoms with Crippen molar-refractivity contribution in [1.29, 1.82) is 0 Å². The zero-order valence-electron chi connectivity index (χ0n) is 9.85. The van der Waals surface area contributed by atoms with Gasteiger partial charge in [-0.3, -0.25) is 9.20 Å². The molecule has 0 spiro atoms. The molecule has 3 rings (SSSR count). The normalized spacial score (nSPS) is 15.9. The summed E-state index contributed by atoms with van der Waals surface area (Å²) in [6.07, 6.45) is 4.79. The van der Waals surface area contributed by atoms with Crippen LogP contribution in [-0.2, 0) is 11.2 Å². The number of nitrogens with zero attached hydrogens (tertiary/aromatic N) is 3. The van der Waals surface area contributed by atoms with E-state index in [1.807, 2.05) is 27.8 Å². The molecule has 1 amide bonds. The molecule has 0 bridgehead atoms. The molecule has 0 aliphatic carbocycles. The summed E-state index contributed by atoms with van der Waals surface area (Å²) in [6.45, 7) is 3.83. The Hall–Kier alpha value is -1.36. The van der Waals surface area contributed by atoms with E-state index in [2.05, 4.69) is 4.98 Å². The molecule has 3 heterocycles. The molecule has 17 heavy (non-hydrogen) atoms. The van der Waals surface area contributed by atoms with Crippen LogP contribution in [0.1, 0.15) is 24.2 Å². The number of likely N-dealkylation sites (tertiary alicyclic amines) is 1. The summed E-state index contributed by atoms with van der Waals surface area (Å²) < 4.78 is 2.04. The largest absolute Gasteiger partial charge is 0.342 e. The predicted octanol–water partition coefficient (Wildman–Crippen LogP) is 1.87. The van der Waals surface area contributed by atoms with Gasteiger partial charge in [-0.25, -0.2) is 4.98 Å². The lowest BCUT2D eigenvalue weighted by Gasteiger charge is -2.14. The van der Waals surface area contributed by atoms with Crippen LogP contribution in [0.4, 0.5) is 0 Å². The molecule has 1 aliphatic rings. The molecule has 0 aromatic carbocycles. The number of rotatable bonds is 2. The summed E-state index contributed by atoms with van der Waals surface area (Å²) in [5.74, 6) is 0.244. The van der Waals surface area contributed by atoms with Crippen molar-refractivity contribution in [3.8, 4) is 0 Å². The van der Waals surface area contributed by atoms with Crippen LogP contribution >= 0.6 is 11.3 Å². The standard InChI is InChI=1S/C12H15N3OS/c1-9-7-15-10(8-17-12(15)13-9)6-11(16)14-4-2-3-5-14/h7-8H,2-6H2,1H3. The van der Waals surface area contributed by atoms with Gasteiger partial charge < -0.3 is 4.90 Å². The number of hydrogen-bond donors (Lipinski definition) is 0. The summed E-state index contributed by atoms with van der Waals surface area (Å²) in [6, 6.07) is 0. The van der Waals surface area contributed by atoms with Gasteiger partial charge in [-0.1, -0.05) is 0 Å². The van der Waals surface area contributed by atoms with E-state index >= 15 is 0 Å². The van der Waals surface area contributed by atoms with Gasteiger partial charge in [0.25, 0.3) is 0 Å². The summed E-state index contributed by atoms with van der Waals surface area (Å²) in [7, 11) is 0. The average Bonchev–Trinajstić information content (AvgIpc) is 2.96. The second-order valence-corrected chi connectivity index (χ2v) is 5.36. The molecule has 1 aliphatic heterocycles. The van der Waals surface area contributed by atoms with Crippen molar-refractivity contribution in [2.75, 3.05) is 13.1 Å². The maximum absolute atomic E-state index is 12.1. The highest BCUT2D eigenvalue weighted by molar-refractivity contribution is 7.15. The van der Waals surface area contributed by atoms with Crippen molar-refractivity contribution in [2.24, 2.45) is 0 Å². The molecule has 1 saturated heterocycles. The first-order valence-electron chi connectivity index (χ1n) is 5.94. The van der Waals surface area contributed by atoms with Crippen LogP contribution in [0.5, 0.6) is 0 Å². The van der Waals surface area contributed by atoms with Gasteiger partial charge in [0.15, 0.2) is 4.96 Å². The second kappa shape index (κ2) is 4.14. The van der Waals surface area contributed by atoms with Crippen molar-refractivity contribution in [2.45, 2.75) is 26.2 Å². The van der Waals surface area contributed by atoms with Gasteiger partial charge in [0, 0.05) is 30.4 Å². The number of carbonyl (C=O) groups excluding carboxylic acids is 1. The van der Waals surface area contributed by atoms with Gasteiger partial charge in [0.1, 0.15) is 0 Å². The van der Waals surface area contributed by atoms with Crippen LogP contribution in [0, 0.1) is 6.92 Å². The molecule has 1 fully saturated rings. The Balaban J connectivity index is 1.81. The first-order valence-corrected chi connectivity index (χ1v) is 6.82. The molecule has 2 aromatic heterocycles.